The van der Waals surface area contributed by atoms with E-state index in [0.717, 1.165) is 41.0 Å². The van der Waals surface area contributed by atoms with Gasteiger partial charge in [0, 0.05) is 32.8 Å². The normalized spacial score (nSPS) is 18.0. The summed E-state index contributed by atoms with van der Waals surface area (Å²) in [5, 5.41) is 38.2. The molecule has 1 saturated carbocycles. The molecule has 9 heteroatoms. The van der Waals surface area contributed by atoms with Crippen LogP contribution in [0.2, 0.25) is 0 Å². The zero-order valence-corrected chi connectivity index (χ0v) is 19.3. The fourth-order valence-corrected chi connectivity index (χ4v) is 5.70. The van der Waals surface area contributed by atoms with Gasteiger partial charge >= 0.3 is 0 Å². The van der Waals surface area contributed by atoms with Gasteiger partial charge in [0.2, 0.25) is 0 Å². The number of hydrogen-bond donors (Lipinski definition) is 1. The van der Waals surface area contributed by atoms with Crippen LogP contribution >= 0.6 is 11.8 Å². The van der Waals surface area contributed by atoms with Crippen molar-refractivity contribution in [2.24, 2.45) is 0 Å². The quantitative estimate of drug-likeness (QED) is 0.448. The third kappa shape index (κ3) is 3.94. The Balaban J connectivity index is 1.61. The van der Waals surface area contributed by atoms with Crippen LogP contribution in [0.3, 0.4) is 0 Å². The van der Waals surface area contributed by atoms with Crippen LogP contribution in [0.15, 0.2) is 52.6 Å². The second kappa shape index (κ2) is 8.94. The number of aliphatic hydroxyl groups is 1. The minimum absolute atomic E-state index is 0.155. The molecule has 1 aromatic carbocycles. The Hall–Kier alpha value is -3.66. The third-order valence-electron chi connectivity index (χ3n) is 6.30. The molecule has 0 radical (unpaired) electrons. The van der Waals surface area contributed by atoms with E-state index < -0.39 is 5.82 Å². The molecule has 34 heavy (non-hydrogen) atoms. The van der Waals surface area contributed by atoms with Crippen molar-refractivity contribution in [3.63, 3.8) is 0 Å². The molecule has 3 heterocycles. The van der Waals surface area contributed by atoms with Crippen LogP contribution in [0.25, 0.3) is 16.6 Å². The van der Waals surface area contributed by atoms with Crippen molar-refractivity contribution in [2.45, 2.75) is 54.5 Å². The van der Waals surface area contributed by atoms with Gasteiger partial charge in [-0.15, -0.1) is 0 Å². The first kappa shape index (κ1) is 22.1. The van der Waals surface area contributed by atoms with Gasteiger partial charge in [-0.05, 0) is 56.9 Å². The number of rotatable bonds is 4. The second-order valence-corrected chi connectivity index (χ2v) is 9.56. The molecule has 170 valence electrons. The number of benzene rings is 1. The molecule has 1 aliphatic rings. The minimum atomic E-state index is -0.474. The smallest absolute Gasteiger partial charge is 0.124 e. The van der Waals surface area contributed by atoms with Gasteiger partial charge in [-0.1, -0.05) is 11.8 Å². The van der Waals surface area contributed by atoms with Crippen LogP contribution in [-0.2, 0) is 0 Å². The lowest BCUT2D eigenvalue weighted by Gasteiger charge is -2.27. The molecule has 1 fully saturated rings. The van der Waals surface area contributed by atoms with E-state index in [9.17, 15) is 20.0 Å². The molecule has 0 saturated heterocycles. The highest BCUT2D eigenvalue weighted by molar-refractivity contribution is 7.99. The average molecular weight is 473 g/mol. The fourth-order valence-electron chi connectivity index (χ4n) is 4.62. The molecular formula is C25H21FN6OS. The predicted molar refractivity (Wildman–Crippen MR) is 125 cm³/mol. The lowest BCUT2D eigenvalue weighted by molar-refractivity contribution is 0.0995. The van der Waals surface area contributed by atoms with Gasteiger partial charge in [0.15, 0.2) is 0 Å². The van der Waals surface area contributed by atoms with Crippen molar-refractivity contribution in [3.8, 4) is 23.3 Å². The molecule has 0 amide bonds. The standard InChI is InChI=1S/C25H21FN6OS/c1-15-22(13-30-32(15)20-3-2-4-21(33)9-20)17-8-24(25-18(11-28)12-29-31(25)14-17)34-23-6-5-19(26)7-16(23)10-27/h5-8,12-14,20-21,33H,2-4,9H2,1H3/t20-,21+/m1/s1. The molecule has 0 bridgehead atoms. The number of nitrogens with zero attached hydrogens (tertiary/aromatic N) is 6. The number of aliphatic hydroxyl groups excluding tert-OH is 1. The number of nitriles is 2. The van der Waals surface area contributed by atoms with Crippen molar-refractivity contribution in [1.82, 2.24) is 19.4 Å². The number of halogens is 1. The van der Waals surface area contributed by atoms with Crippen molar-refractivity contribution in [3.05, 3.63) is 65.5 Å². The number of aromatic nitrogens is 4. The van der Waals surface area contributed by atoms with E-state index in [-0.39, 0.29) is 17.7 Å². The zero-order chi connectivity index (χ0) is 23.8. The molecule has 2 atom stereocenters. The van der Waals surface area contributed by atoms with E-state index in [4.69, 9.17) is 0 Å². The summed E-state index contributed by atoms with van der Waals surface area (Å²) in [4.78, 5) is 1.33. The topological polar surface area (TPSA) is 103 Å². The molecule has 1 N–H and O–H groups in total. The third-order valence-corrected chi connectivity index (χ3v) is 7.41. The van der Waals surface area contributed by atoms with Crippen molar-refractivity contribution >= 4 is 17.3 Å². The van der Waals surface area contributed by atoms with Gasteiger partial charge in [0.1, 0.15) is 18.0 Å². The second-order valence-electron chi connectivity index (χ2n) is 8.47. The first-order valence-electron chi connectivity index (χ1n) is 11.0. The molecule has 1 aliphatic carbocycles. The van der Waals surface area contributed by atoms with Gasteiger partial charge in [-0.25, -0.2) is 8.91 Å². The molecule has 5 rings (SSSR count). The van der Waals surface area contributed by atoms with Crippen molar-refractivity contribution in [2.75, 3.05) is 0 Å². The highest BCUT2D eigenvalue weighted by Gasteiger charge is 2.25. The fraction of sp³-hybridized carbons (Fsp3) is 0.280. The van der Waals surface area contributed by atoms with Gasteiger partial charge in [-0.2, -0.15) is 20.7 Å². The van der Waals surface area contributed by atoms with E-state index in [1.54, 1.807) is 10.6 Å². The SMILES string of the molecule is Cc1c(-c2cc(Sc3ccc(F)cc3C#N)c3c(C#N)cnn3c2)cnn1[C@@H]1CCC[C@H](O)C1. The Morgan fingerprint density at radius 1 is 1.09 bits per heavy atom. The van der Waals surface area contributed by atoms with E-state index in [1.807, 2.05) is 36.1 Å². The van der Waals surface area contributed by atoms with Crippen molar-refractivity contribution < 1.29 is 9.50 Å². The van der Waals surface area contributed by atoms with E-state index in [1.165, 1.54) is 30.1 Å². The summed E-state index contributed by atoms with van der Waals surface area (Å²) in [5.74, 6) is -0.474. The molecule has 4 aromatic rings. The van der Waals surface area contributed by atoms with Gasteiger partial charge < -0.3 is 5.11 Å². The first-order chi connectivity index (χ1) is 16.5. The van der Waals surface area contributed by atoms with Crippen LogP contribution in [0.4, 0.5) is 4.39 Å². The van der Waals surface area contributed by atoms with Gasteiger partial charge in [-0.3, -0.25) is 4.68 Å². The van der Waals surface area contributed by atoms with E-state index >= 15 is 0 Å². The molecule has 0 spiro atoms. The summed E-state index contributed by atoms with van der Waals surface area (Å²) in [5.41, 5.74) is 4.05. The largest absolute Gasteiger partial charge is 0.393 e. The zero-order valence-electron chi connectivity index (χ0n) is 18.4. The molecule has 0 unspecified atom stereocenters. The summed E-state index contributed by atoms with van der Waals surface area (Å²) in [6.07, 6.45) is 8.35. The molecule has 7 nitrogen and oxygen atoms in total. The highest BCUT2D eigenvalue weighted by Crippen LogP contribution is 2.38. The van der Waals surface area contributed by atoms with Crippen LogP contribution in [0.5, 0.6) is 0 Å². The monoisotopic (exact) mass is 472 g/mol. The summed E-state index contributed by atoms with van der Waals surface area (Å²) in [6.45, 7) is 2.01. The van der Waals surface area contributed by atoms with Gasteiger partial charge in [0.25, 0.3) is 0 Å². The molecule has 0 aliphatic heterocycles. The average Bonchev–Trinajstić information content (AvgIpc) is 3.43. The predicted octanol–water partition coefficient (Wildman–Crippen LogP) is 5.02. The Morgan fingerprint density at radius 2 is 1.91 bits per heavy atom. The maximum atomic E-state index is 13.7. The summed E-state index contributed by atoms with van der Waals surface area (Å²) in [7, 11) is 0. The maximum absolute atomic E-state index is 13.7. The van der Waals surface area contributed by atoms with Crippen molar-refractivity contribution in [1.29, 1.82) is 10.5 Å². The maximum Gasteiger partial charge on any atom is 0.124 e. The summed E-state index contributed by atoms with van der Waals surface area (Å²) in [6, 6.07) is 10.4. The van der Waals surface area contributed by atoms with Crippen LogP contribution in [0.1, 0.15) is 48.5 Å². The number of pyridine rings is 1. The lowest BCUT2D eigenvalue weighted by atomic mass is 9.93. The Morgan fingerprint density at radius 3 is 2.68 bits per heavy atom. The molecular weight excluding hydrogens is 451 g/mol. The Kier molecular flexibility index (Phi) is 5.82. The van der Waals surface area contributed by atoms with Crippen LogP contribution in [0, 0.1) is 35.4 Å². The van der Waals surface area contributed by atoms with E-state index in [0.29, 0.717) is 22.4 Å². The number of hydrogen-bond acceptors (Lipinski definition) is 6. The van der Waals surface area contributed by atoms with Crippen LogP contribution < -0.4 is 0 Å². The summed E-state index contributed by atoms with van der Waals surface area (Å²) < 4.78 is 17.3. The Labute approximate surface area is 200 Å². The lowest BCUT2D eigenvalue weighted by Crippen LogP contribution is -2.23. The van der Waals surface area contributed by atoms with Gasteiger partial charge in [0.05, 0.1) is 41.2 Å². The molecule has 3 aromatic heterocycles. The Bertz CT molecular complexity index is 1480. The van der Waals surface area contributed by atoms with Crippen LogP contribution in [-0.4, -0.2) is 30.6 Å². The highest BCUT2D eigenvalue weighted by atomic mass is 32.2. The minimum Gasteiger partial charge on any atom is -0.393 e. The first-order valence-corrected chi connectivity index (χ1v) is 11.8. The summed E-state index contributed by atoms with van der Waals surface area (Å²) >= 11 is 1.30. The number of fused-ring (bicyclic) bond motifs is 1. The van der Waals surface area contributed by atoms with E-state index in [2.05, 4.69) is 16.3 Å².